The minimum Gasteiger partial charge on any atom is -0.339 e. The Balaban J connectivity index is 2.69. The van der Waals surface area contributed by atoms with Crippen LogP contribution in [0.5, 0.6) is 0 Å². The highest BCUT2D eigenvalue weighted by Crippen LogP contribution is 2.24. The van der Waals surface area contributed by atoms with Gasteiger partial charge in [-0.2, -0.15) is 0 Å². The summed E-state index contributed by atoms with van der Waals surface area (Å²) in [6.45, 7) is 11.7. The summed E-state index contributed by atoms with van der Waals surface area (Å²) in [5.41, 5.74) is 3.65. The van der Waals surface area contributed by atoms with Gasteiger partial charge in [-0.3, -0.25) is 4.99 Å². The van der Waals surface area contributed by atoms with Crippen LogP contribution in [0.25, 0.3) is 10.9 Å². The number of hydrogen-bond donors (Lipinski definition) is 0. The lowest BCUT2D eigenvalue weighted by atomic mass is 10.1. The third-order valence-corrected chi connectivity index (χ3v) is 3.35. The van der Waals surface area contributed by atoms with E-state index in [1.54, 1.807) is 6.07 Å². The van der Waals surface area contributed by atoms with Crippen molar-refractivity contribution in [2.24, 2.45) is 4.99 Å². The normalized spacial score (nSPS) is 12.1. The average molecular weight is 272 g/mol. The van der Waals surface area contributed by atoms with Crippen LogP contribution in [0.1, 0.15) is 32.9 Å². The molecule has 0 aliphatic carbocycles. The van der Waals surface area contributed by atoms with E-state index in [1.807, 2.05) is 19.1 Å². The largest absolute Gasteiger partial charge is 0.339 e. The lowest BCUT2D eigenvalue weighted by Crippen LogP contribution is -2.10. The molecule has 106 valence electrons. The molecule has 0 saturated heterocycles. The van der Waals surface area contributed by atoms with Crippen LogP contribution in [0.2, 0.25) is 0 Å². The first-order valence-corrected chi connectivity index (χ1v) is 7.08. The third kappa shape index (κ3) is 2.53. The summed E-state index contributed by atoms with van der Waals surface area (Å²) >= 11 is 0. The van der Waals surface area contributed by atoms with Crippen molar-refractivity contribution in [3.05, 3.63) is 47.9 Å². The van der Waals surface area contributed by atoms with E-state index >= 15 is 0 Å². The number of rotatable bonds is 5. The maximum Gasteiger partial charge on any atom is 0.132 e. The van der Waals surface area contributed by atoms with E-state index in [0.29, 0.717) is 5.39 Å². The van der Waals surface area contributed by atoms with Crippen LogP contribution in [-0.2, 0) is 6.54 Å². The lowest BCUT2D eigenvalue weighted by molar-refractivity contribution is 0.639. The maximum atomic E-state index is 14.0. The second-order valence-corrected chi connectivity index (χ2v) is 4.96. The first-order valence-electron chi connectivity index (χ1n) is 7.08. The van der Waals surface area contributed by atoms with Crippen molar-refractivity contribution in [2.45, 2.75) is 33.7 Å². The number of halogens is 1. The molecule has 0 bridgehead atoms. The van der Waals surface area contributed by atoms with Gasteiger partial charge in [0, 0.05) is 18.5 Å². The zero-order valence-corrected chi connectivity index (χ0v) is 12.4. The molecule has 2 rings (SSSR count). The molecule has 20 heavy (non-hydrogen) atoms. The van der Waals surface area contributed by atoms with Crippen LogP contribution in [0.3, 0.4) is 0 Å². The summed E-state index contributed by atoms with van der Waals surface area (Å²) in [5.74, 6) is -0.187. The van der Waals surface area contributed by atoms with Crippen molar-refractivity contribution in [1.82, 2.24) is 4.57 Å². The molecule has 0 aliphatic heterocycles. The van der Waals surface area contributed by atoms with Crippen LogP contribution in [0, 0.1) is 5.82 Å². The van der Waals surface area contributed by atoms with Crippen molar-refractivity contribution in [2.75, 3.05) is 6.54 Å². The number of benzene rings is 1. The molecule has 3 heteroatoms. The highest BCUT2D eigenvalue weighted by Gasteiger charge is 2.15. The predicted molar refractivity (Wildman–Crippen MR) is 84.1 cm³/mol. The van der Waals surface area contributed by atoms with E-state index < -0.39 is 0 Å². The van der Waals surface area contributed by atoms with Gasteiger partial charge in [-0.15, -0.1) is 0 Å². The minimum absolute atomic E-state index is 0.187. The Morgan fingerprint density at radius 1 is 1.35 bits per heavy atom. The van der Waals surface area contributed by atoms with Crippen molar-refractivity contribution in [1.29, 1.82) is 0 Å². The molecule has 0 unspecified atom stereocenters. The molecule has 2 aromatic rings. The Kier molecular flexibility index (Phi) is 4.38. The van der Waals surface area contributed by atoms with Gasteiger partial charge in [-0.05, 0) is 44.0 Å². The van der Waals surface area contributed by atoms with Gasteiger partial charge in [-0.1, -0.05) is 19.6 Å². The average Bonchev–Trinajstić information content (AvgIpc) is 2.78. The molecule has 0 spiro atoms. The number of hydrogen-bond acceptors (Lipinski definition) is 1. The fourth-order valence-corrected chi connectivity index (χ4v) is 2.44. The summed E-state index contributed by atoms with van der Waals surface area (Å²) in [6, 6.07) is 7.07. The van der Waals surface area contributed by atoms with E-state index in [9.17, 15) is 4.39 Å². The zero-order chi connectivity index (χ0) is 14.7. The summed E-state index contributed by atoms with van der Waals surface area (Å²) in [7, 11) is 0. The second kappa shape index (κ2) is 6.04. The number of aliphatic imine (C=N–C) groups is 1. The highest BCUT2D eigenvalue weighted by molar-refractivity contribution is 6.13. The Morgan fingerprint density at radius 3 is 2.70 bits per heavy atom. The van der Waals surface area contributed by atoms with Crippen molar-refractivity contribution < 1.29 is 4.39 Å². The molecule has 1 aromatic heterocycles. The van der Waals surface area contributed by atoms with E-state index in [4.69, 9.17) is 0 Å². The monoisotopic (exact) mass is 272 g/mol. The van der Waals surface area contributed by atoms with Crippen molar-refractivity contribution in [3.63, 3.8) is 0 Å². The van der Waals surface area contributed by atoms with E-state index in [1.165, 1.54) is 6.07 Å². The third-order valence-electron chi connectivity index (χ3n) is 3.35. The number of fused-ring (bicyclic) bond motifs is 1. The van der Waals surface area contributed by atoms with Gasteiger partial charge in [-0.25, -0.2) is 4.39 Å². The molecule has 0 aliphatic rings. The van der Waals surface area contributed by atoms with E-state index in [0.717, 1.165) is 42.0 Å². The molecule has 2 nitrogen and oxygen atoms in total. The topological polar surface area (TPSA) is 17.3 Å². The number of allylic oxidation sites excluding steroid dienone is 1. The first kappa shape index (κ1) is 14.5. The SMILES string of the molecule is C=C(C)C(=NCCC)c1cc2c(F)cccc2n1CC. The Labute approximate surface area is 119 Å². The predicted octanol–water partition coefficient (Wildman–Crippen LogP) is 4.58. The van der Waals surface area contributed by atoms with Crippen LogP contribution in [0.15, 0.2) is 41.4 Å². The Hall–Kier alpha value is -1.90. The minimum atomic E-state index is -0.187. The molecule has 0 saturated carbocycles. The van der Waals surface area contributed by atoms with Crippen LogP contribution in [-0.4, -0.2) is 16.8 Å². The van der Waals surface area contributed by atoms with Crippen molar-refractivity contribution >= 4 is 16.6 Å². The zero-order valence-electron chi connectivity index (χ0n) is 12.4. The molecular weight excluding hydrogens is 251 g/mol. The lowest BCUT2D eigenvalue weighted by Gasteiger charge is -2.11. The molecule has 0 fully saturated rings. The quantitative estimate of drug-likeness (QED) is 0.709. The Bertz CT molecular complexity index is 665. The summed E-state index contributed by atoms with van der Waals surface area (Å²) in [4.78, 5) is 4.62. The number of aromatic nitrogens is 1. The molecule has 0 radical (unpaired) electrons. The molecule has 1 heterocycles. The molecule has 0 N–H and O–H groups in total. The number of nitrogens with zero attached hydrogens (tertiary/aromatic N) is 2. The first-order chi connectivity index (χ1) is 9.60. The van der Waals surface area contributed by atoms with Crippen LogP contribution >= 0.6 is 0 Å². The second-order valence-electron chi connectivity index (χ2n) is 4.96. The van der Waals surface area contributed by atoms with Crippen LogP contribution < -0.4 is 0 Å². The van der Waals surface area contributed by atoms with Gasteiger partial charge >= 0.3 is 0 Å². The molecular formula is C17H21FN2. The summed E-state index contributed by atoms with van der Waals surface area (Å²) < 4.78 is 16.1. The van der Waals surface area contributed by atoms with Gasteiger partial charge in [0.05, 0.1) is 16.9 Å². The van der Waals surface area contributed by atoms with Gasteiger partial charge in [0.1, 0.15) is 5.82 Å². The van der Waals surface area contributed by atoms with Gasteiger partial charge in [0.25, 0.3) is 0 Å². The fraction of sp³-hybridized carbons (Fsp3) is 0.353. The molecule has 1 aromatic carbocycles. The summed E-state index contributed by atoms with van der Waals surface area (Å²) in [6.07, 6.45) is 0.984. The fourth-order valence-electron chi connectivity index (χ4n) is 2.44. The van der Waals surface area contributed by atoms with Gasteiger partial charge in [0.15, 0.2) is 0 Å². The molecule has 0 atom stereocenters. The summed E-state index contributed by atoms with van der Waals surface area (Å²) in [5, 5.41) is 0.648. The van der Waals surface area contributed by atoms with E-state index in [2.05, 4.69) is 30.0 Å². The number of aryl methyl sites for hydroxylation is 1. The van der Waals surface area contributed by atoms with E-state index in [-0.39, 0.29) is 5.82 Å². The highest BCUT2D eigenvalue weighted by atomic mass is 19.1. The van der Waals surface area contributed by atoms with Gasteiger partial charge < -0.3 is 4.57 Å². The molecule has 0 amide bonds. The standard InChI is InChI=1S/C17H21FN2/c1-5-10-19-17(12(3)4)16-11-13-14(18)8-7-9-15(13)20(16)6-2/h7-9,11H,3,5-6,10H2,1-2,4H3. The maximum absolute atomic E-state index is 14.0. The van der Waals surface area contributed by atoms with Crippen molar-refractivity contribution in [3.8, 4) is 0 Å². The van der Waals surface area contributed by atoms with Gasteiger partial charge in [0.2, 0.25) is 0 Å². The Morgan fingerprint density at radius 2 is 2.10 bits per heavy atom. The smallest absolute Gasteiger partial charge is 0.132 e. The van der Waals surface area contributed by atoms with Crippen LogP contribution in [0.4, 0.5) is 4.39 Å².